The fraction of sp³-hybridized carbons (Fsp3) is 0.200. The minimum absolute atomic E-state index is 1.16. The van der Waals surface area contributed by atoms with E-state index in [9.17, 15) is 0 Å². The van der Waals surface area contributed by atoms with Gasteiger partial charge in [-0.1, -0.05) is 11.8 Å². The van der Waals surface area contributed by atoms with Crippen LogP contribution in [-0.4, -0.2) is 0 Å². The molecule has 0 atom stereocenters. The van der Waals surface area contributed by atoms with Crippen molar-refractivity contribution >= 4 is 98.2 Å². The molecule has 17 heavy (non-hydrogen) atoms. The summed E-state index contributed by atoms with van der Waals surface area (Å²) in [6, 6.07) is 0. The largest absolute Gasteiger partial charge is 0.120 e. The van der Waals surface area contributed by atoms with Crippen LogP contribution >= 0.6 is 98.2 Å². The van der Waals surface area contributed by atoms with E-state index in [0.717, 1.165) is 16.5 Å². The molecule has 0 aliphatic heterocycles. The van der Waals surface area contributed by atoms with E-state index < -0.39 is 0 Å². The lowest BCUT2D eigenvalue weighted by molar-refractivity contribution is 1.37. The SMILES string of the molecule is Cc1c(Sc2sc(Br)c(Br)c2C)sc(Br)c1Br. The zero-order valence-corrected chi connectivity index (χ0v) is 17.5. The average Bonchev–Trinajstić information content (AvgIpc) is 2.66. The van der Waals surface area contributed by atoms with Crippen LogP contribution in [0.25, 0.3) is 0 Å². The van der Waals surface area contributed by atoms with Crippen molar-refractivity contribution in [2.75, 3.05) is 0 Å². The van der Waals surface area contributed by atoms with E-state index in [1.54, 1.807) is 22.7 Å². The summed E-state index contributed by atoms with van der Waals surface area (Å²) in [4.78, 5) is 0. The minimum Gasteiger partial charge on any atom is -0.120 e. The maximum Gasteiger partial charge on any atom is 0.0855 e. The number of rotatable bonds is 2. The number of halogens is 4. The Morgan fingerprint density at radius 1 is 0.765 bits per heavy atom. The van der Waals surface area contributed by atoms with Crippen LogP contribution in [0.15, 0.2) is 24.9 Å². The molecule has 0 radical (unpaired) electrons. The van der Waals surface area contributed by atoms with Crippen molar-refractivity contribution in [2.24, 2.45) is 0 Å². The molecule has 0 aliphatic rings. The molecule has 0 spiro atoms. The molecule has 2 rings (SSSR count). The first-order chi connectivity index (χ1) is 7.91. The molecule has 0 bridgehead atoms. The molecule has 0 amide bonds. The average molecular weight is 542 g/mol. The van der Waals surface area contributed by atoms with Gasteiger partial charge in [-0.2, -0.15) is 0 Å². The number of hydrogen-bond donors (Lipinski definition) is 0. The molecular weight excluding hydrogens is 536 g/mol. The van der Waals surface area contributed by atoms with Crippen molar-refractivity contribution in [2.45, 2.75) is 22.3 Å². The van der Waals surface area contributed by atoms with Crippen LogP contribution in [0, 0.1) is 13.8 Å². The van der Waals surface area contributed by atoms with E-state index in [2.05, 4.69) is 77.6 Å². The second-order valence-corrected chi connectivity index (χ2v) is 11.1. The number of hydrogen-bond acceptors (Lipinski definition) is 3. The second-order valence-electron chi connectivity index (χ2n) is 3.31. The highest BCUT2D eigenvalue weighted by Crippen LogP contribution is 2.49. The van der Waals surface area contributed by atoms with Gasteiger partial charge in [-0.05, 0) is 88.7 Å². The van der Waals surface area contributed by atoms with Gasteiger partial charge in [0.25, 0.3) is 0 Å². The van der Waals surface area contributed by atoms with Crippen molar-refractivity contribution in [1.29, 1.82) is 0 Å². The minimum atomic E-state index is 1.16. The molecule has 0 saturated heterocycles. The van der Waals surface area contributed by atoms with E-state index >= 15 is 0 Å². The van der Waals surface area contributed by atoms with Crippen LogP contribution in [0.4, 0.5) is 0 Å². The van der Waals surface area contributed by atoms with Gasteiger partial charge in [-0.25, -0.2) is 0 Å². The zero-order chi connectivity index (χ0) is 12.7. The van der Waals surface area contributed by atoms with Gasteiger partial charge in [-0.3, -0.25) is 0 Å². The van der Waals surface area contributed by atoms with Gasteiger partial charge in [0, 0.05) is 8.95 Å². The summed E-state index contributed by atoms with van der Waals surface area (Å²) in [5, 5.41) is 0. The third-order valence-electron chi connectivity index (χ3n) is 2.17. The van der Waals surface area contributed by atoms with Crippen molar-refractivity contribution in [3.8, 4) is 0 Å². The van der Waals surface area contributed by atoms with E-state index in [0.29, 0.717) is 0 Å². The summed E-state index contributed by atoms with van der Waals surface area (Å²) in [6.07, 6.45) is 0. The van der Waals surface area contributed by atoms with Gasteiger partial charge in [0.15, 0.2) is 0 Å². The Balaban J connectivity index is 2.38. The first-order valence-electron chi connectivity index (χ1n) is 4.48. The van der Waals surface area contributed by atoms with Gasteiger partial charge >= 0.3 is 0 Å². The quantitative estimate of drug-likeness (QED) is 0.377. The lowest BCUT2D eigenvalue weighted by Gasteiger charge is -1.98. The Hall–Kier alpha value is 1.67. The van der Waals surface area contributed by atoms with Gasteiger partial charge in [0.2, 0.25) is 0 Å². The van der Waals surface area contributed by atoms with Crippen molar-refractivity contribution in [3.05, 3.63) is 27.6 Å². The summed E-state index contributed by atoms with van der Waals surface area (Å²) in [5.74, 6) is 0. The Bertz CT molecular complexity index is 520. The summed E-state index contributed by atoms with van der Waals surface area (Å²) < 4.78 is 7.30. The number of thiophene rings is 2. The summed E-state index contributed by atoms with van der Waals surface area (Å²) in [7, 11) is 0. The van der Waals surface area contributed by atoms with E-state index in [1.807, 2.05) is 11.8 Å². The molecule has 92 valence electrons. The molecule has 0 fully saturated rings. The molecule has 0 aromatic carbocycles. The highest BCUT2D eigenvalue weighted by atomic mass is 79.9. The molecule has 0 N–H and O–H groups in total. The zero-order valence-electron chi connectivity index (χ0n) is 8.74. The van der Waals surface area contributed by atoms with Gasteiger partial charge < -0.3 is 0 Å². The van der Waals surface area contributed by atoms with Crippen molar-refractivity contribution in [1.82, 2.24) is 0 Å². The third kappa shape index (κ3) is 3.06. The van der Waals surface area contributed by atoms with Crippen molar-refractivity contribution in [3.63, 3.8) is 0 Å². The topological polar surface area (TPSA) is 0 Å². The fourth-order valence-corrected chi connectivity index (χ4v) is 8.27. The molecular formula is C10H6Br4S3. The maximum absolute atomic E-state index is 3.59. The first-order valence-corrected chi connectivity index (χ1v) is 10.1. The van der Waals surface area contributed by atoms with Crippen LogP contribution in [0.1, 0.15) is 11.1 Å². The lowest BCUT2D eigenvalue weighted by Crippen LogP contribution is -1.72. The summed E-state index contributed by atoms with van der Waals surface area (Å²) in [6.45, 7) is 4.28. The summed E-state index contributed by atoms with van der Waals surface area (Å²) in [5.41, 5.74) is 2.60. The normalized spacial score (nSPS) is 11.2. The molecule has 2 aromatic heterocycles. The lowest BCUT2D eigenvalue weighted by atomic mass is 10.4. The molecule has 0 aliphatic carbocycles. The van der Waals surface area contributed by atoms with Crippen LogP contribution in [-0.2, 0) is 0 Å². The molecule has 7 heteroatoms. The van der Waals surface area contributed by atoms with Crippen LogP contribution in [0.5, 0.6) is 0 Å². The van der Waals surface area contributed by atoms with Gasteiger partial charge in [-0.15, -0.1) is 22.7 Å². The Morgan fingerprint density at radius 3 is 1.35 bits per heavy atom. The van der Waals surface area contributed by atoms with Gasteiger partial charge in [0.1, 0.15) is 0 Å². The van der Waals surface area contributed by atoms with E-state index in [-0.39, 0.29) is 0 Å². The van der Waals surface area contributed by atoms with Crippen LogP contribution in [0.2, 0.25) is 0 Å². The maximum atomic E-state index is 3.59. The molecule has 2 heterocycles. The predicted octanol–water partition coefficient (Wildman–Crippen LogP) is 7.63. The molecule has 0 saturated carbocycles. The van der Waals surface area contributed by atoms with E-state index in [4.69, 9.17) is 0 Å². The Labute approximate surface area is 146 Å². The van der Waals surface area contributed by atoms with Crippen LogP contribution < -0.4 is 0 Å². The predicted molar refractivity (Wildman–Crippen MR) is 93.0 cm³/mol. The van der Waals surface area contributed by atoms with Crippen LogP contribution in [0.3, 0.4) is 0 Å². The Kier molecular flexibility index (Phi) is 5.29. The molecule has 2 aromatic rings. The van der Waals surface area contributed by atoms with Gasteiger partial charge in [0.05, 0.1) is 16.0 Å². The monoisotopic (exact) mass is 538 g/mol. The standard InChI is InChI=1S/C10H6Br4S3/c1-3-5(11)7(13)15-9(3)17-10-4(2)6(12)8(14)16-10/h1-2H3. The highest BCUT2D eigenvalue weighted by Gasteiger charge is 2.16. The first kappa shape index (κ1) is 15.1. The van der Waals surface area contributed by atoms with E-state index in [1.165, 1.54) is 19.5 Å². The third-order valence-corrected chi connectivity index (χ3v) is 11.2. The fourth-order valence-electron chi connectivity index (χ4n) is 1.16. The Morgan fingerprint density at radius 2 is 1.12 bits per heavy atom. The second kappa shape index (κ2) is 5.97. The summed E-state index contributed by atoms with van der Waals surface area (Å²) >= 11 is 19.7. The molecule has 0 unspecified atom stereocenters. The molecule has 0 nitrogen and oxygen atoms in total. The van der Waals surface area contributed by atoms with Crippen molar-refractivity contribution < 1.29 is 0 Å². The smallest absolute Gasteiger partial charge is 0.0855 e. The highest BCUT2D eigenvalue weighted by molar-refractivity contribution is 9.14.